The van der Waals surface area contributed by atoms with Crippen LogP contribution in [0.5, 0.6) is 0 Å². The van der Waals surface area contributed by atoms with Crippen LogP contribution in [0.2, 0.25) is 0 Å². The maximum Gasteiger partial charge on any atom is 0.408 e. The van der Waals surface area contributed by atoms with Gasteiger partial charge in [0.05, 0.1) is 24.0 Å². The zero-order valence-electron chi connectivity index (χ0n) is 35.4. The molecule has 16 heteroatoms. The van der Waals surface area contributed by atoms with Crippen molar-refractivity contribution in [3.8, 4) is 11.3 Å². The summed E-state index contributed by atoms with van der Waals surface area (Å²) >= 11 is 5.40. The number of cyclic esters (lactones) is 1. The van der Waals surface area contributed by atoms with Crippen LogP contribution in [0.4, 0.5) is 4.79 Å². The predicted molar refractivity (Wildman–Crippen MR) is 223 cm³/mol. The molecule has 1 aromatic carbocycles. The van der Waals surface area contributed by atoms with Crippen molar-refractivity contribution < 1.29 is 48.0 Å². The summed E-state index contributed by atoms with van der Waals surface area (Å²) < 4.78 is 30.9. The molecule has 3 N–H and O–H groups in total. The summed E-state index contributed by atoms with van der Waals surface area (Å²) in [5.74, 6) is -4.31. The highest BCUT2D eigenvalue weighted by molar-refractivity contribution is 7.80. The van der Waals surface area contributed by atoms with Gasteiger partial charge in [-0.1, -0.05) is 57.2 Å². The SMILES string of the molecule is CC[C@H]1OC(=O)[C@H](C)C(=O)C[C@@H](O[C@@H]2O[C@H](C)C[C@H](N(C)C)[C@H]2O)[C@](C)(OC(=O)NC/C=C/c2ccc(-c3cnccn3)cc2)C[C@@H](C)C(=O)[C@H](C)[C@H]2NC(=S)O[C@@]21C. The van der Waals surface area contributed by atoms with Gasteiger partial charge in [-0.2, -0.15) is 0 Å². The fraction of sp³-hybridized carbons (Fsp3) is 0.605. The van der Waals surface area contributed by atoms with Gasteiger partial charge < -0.3 is 44.3 Å². The van der Waals surface area contributed by atoms with Gasteiger partial charge in [-0.15, -0.1) is 0 Å². The van der Waals surface area contributed by atoms with Gasteiger partial charge in [0.2, 0.25) is 0 Å². The first kappa shape index (κ1) is 45.7. The van der Waals surface area contributed by atoms with Crippen LogP contribution >= 0.6 is 12.2 Å². The fourth-order valence-electron chi connectivity index (χ4n) is 8.37. The van der Waals surface area contributed by atoms with Gasteiger partial charge in [0.15, 0.2) is 11.9 Å². The Morgan fingerprint density at radius 2 is 1.83 bits per heavy atom. The Bertz CT molecular complexity index is 1850. The molecule has 3 fully saturated rings. The molecule has 0 bridgehead atoms. The van der Waals surface area contributed by atoms with Crippen LogP contribution in [0.3, 0.4) is 0 Å². The molecule has 1 amide bonds. The molecule has 3 aliphatic heterocycles. The number of Topliss-reactive ketones (excluding diaryl/α,β-unsaturated/α-hetero) is 2. The number of alkyl carbamates (subject to hydrolysis) is 1. The number of benzene rings is 1. The smallest absolute Gasteiger partial charge is 0.408 e. The van der Waals surface area contributed by atoms with Gasteiger partial charge in [0.25, 0.3) is 5.17 Å². The molecule has 0 aliphatic carbocycles. The van der Waals surface area contributed by atoms with E-state index in [0.29, 0.717) is 12.8 Å². The van der Waals surface area contributed by atoms with Gasteiger partial charge >= 0.3 is 12.1 Å². The number of aliphatic hydroxyl groups excluding tert-OH is 1. The van der Waals surface area contributed by atoms with E-state index in [1.54, 1.807) is 52.4 Å². The molecule has 4 heterocycles. The van der Waals surface area contributed by atoms with E-state index < -0.39 is 83.9 Å². The number of aliphatic hydroxyl groups is 1. The van der Waals surface area contributed by atoms with Crippen molar-refractivity contribution in [2.75, 3.05) is 20.6 Å². The number of amides is 1. The molecule has 0 radical (unpaired) electrons. The highest BCUT2D eigenvalue weighted by atomic mass is 32.1. The number of fused-ring (bicyclic) bond motifs is 1. The summed E-state index contributed by atoms with van der Waals surface area (Å²) in [6.45, 7) is 12.0. The van der Waals surface area contributed by atoms with E-state index in [1.807, 2.05) is 63.2 Å². The quantitative estimate of drug-likeness (QED) is 0.180. The van der Waals surface area contributed by atoms with Crippen molar-refractivity contribution >= 4 is 47.1 Å². The lowest BCUT2D eigenvalue weighted by Gasteiger charge is -2.45. The van der Waals surface area contributed by atoms with Crippen molar-refractivity contribution in [1.82, 2.24) is 25.5 Å². The number of carbonyl (C=O) groups excluding carboxylic acids is 4. The predicted octanol–water partition coefficient (Wildman–Crippen LogP) is 4.65. The highest BCUT2D eigenvalue weighted by Gasteiger charge is 2.56. The topological polar surface area (TPSA) is 188 Å². The molecule has 0 saturated carbocycles. The van der Waals surface area contributed by atoms with E-state index in [4.69, 9.17) is 35.9 Å². The largest absolute Gasteiger partial charge is 0.459 e. The first-order chi connectivity index (χ1) is 27.9. The molecule has 5 rings (SSSR count). The molecule has 2 aromatic rings. The molecule has 1 aromatic heterocycles. The van der Waals surface area contributed by atoms with E-state index in [9.17, 15) is 24.3 Å². The maximum atomic E-state index is 14.4. The zero-order chi connectivity index (χ0) is 43.2. The van der Waals surface area contributed by atoms with E-state index >= 15 is 0 Å². The number of nitrogens with zero attached hydrogens (tertiary/aromatic N) is 3. The van der Waals surface area contributed by atoms with Crippen LogP contribution in [0.1, 0.15) is 79.7 Å². The second-order valence-corrected chi connectivity index (χ2v) is 17.0. The Balaban J connectivity index is 1.45. The third kappa shape index (κ3) is 10.7. The lowest BCUT2D eigenvalue weighted by Crippen LogP contribution is -2.59. The van der Waals surface area contributed by atoms with Gasteiger partial charge in [0.1, 0.15) is 41.4 Å². The van der Waals surface area contributed by atoms with Gasteiger partial charge in [-0.3, -0.25) is 24.4 Å². The Kier molecular flexibility index (Phi) is 15.0. The average molecular weight is 838 g/mol. The van der Waals surface area contributed by atoms with Gasteiger partial charge in [-0.25, -0.2) is 4.79 Å². The second kappa shape index (κ2) is 19.4. The molecule has 59 heavy (non-hydrogen) atoms. The molecule has 0 unspecified atom stereocenters. The number of carbonyl (C=O) groups is 4. The summed E-state index contributed by atoms with van der Waals surface area (Å²) in [4.78, 5) is 66.3. The number of aromatic nitrogens is 2. The van der Waals surface area contributed by atoms with E-state index in [0.717, 1.165) is 16.8 Å². The van der Waals surface area contributed by atoms with Crippen LogP contribution in [-0.2, 0) is 38.1 Å². The number of nitrogens with one attached hydrogen (secondary N) is 2. The van der Waals surface area contributed by atoms with Crippen molar-refractivity contribution in [2.45, 2.75) is 128 Å². The number of hydrogen-bond donors (Lipinski definition) is 3. The number of rotatable bonds is 9. The minimum Gasteiger partial charge on any atom is -0.459 e. The van der Waals surface area contributed by atoms with Crippen molar-refractivity contribution in [3.63, 3.8) is 0 Å². The lowest BCUT2D eigenvalue weighted by molar-refractivity contribution is -0.286. The number of esters is 1. The minimum atomic E-state index is -1.68. The van der Waals surface area contributed by atoms with Crippen molar-refractivity contribution in [1.29, 1.82) is 0 Å². The summed E-state index contributed by atoms with van der Waals surface area (Å²) in [6.07, 6.45) is 3.13. The summed E-state index contributed by atoms with van der Waals surface area (Å²) in [5, 5.41) is 17.4. The number of likely N-dealkylation sites (N-methyl/N-ethyl adjacent to an activating group) is 1. The number of ether oxygens (including phenoxy) is 5. The Labute approximate surface area is 351 Å². The van der Waals surface area contributed by atoms with E-state index in [2.05, 4.69) is 20.6 Å². The van der Waals surface area contributed by atoms with Crippen LogP contribution < -0.4 is 10.6 Å². The summed E-state index contributed by atoms with van der Waals surface area (Å²) in [6, 6.07) is 6.63. The van der Waals surface area contributed by atoms with Crippen LogP contribution in [0.25, 0.3) is 17.3 Å². The molecule has 3 aliphatic rings. The minimum absolute atomic E-state index is 0.0652. The highest BCUT2D eigenvalue weighted by Crippen LogP contribution is 2.39. The molecule has 15 nitrogen and oxygen atoms in total. The number of hydrogen-bond acceptors (Lipinski definition) is 14. The van der Waals surface area contributed by atoms with E-state index in [1.165, 1.54) is 6.92 Å². The first-order valence-electron chi connectivity index (χ1n) is 20.3. The summed E-state index contributed by atoms with van der Waals surface area (Å²) in [7, 11) is 3.67. The molecule has 12 atom stereocenters. The number of thiocarbonyl (C=S) groups is 1. The molecular weight excluding hydrogens is 779 g/mol. The molecule has 322 valence electrons. The fourth-order valence-corrected chi connectivity index (χ4v) is 8.68. The third-order valence-corrected chi connectivity index (χ3v) is 12.1. The third-order valence-electron chi connectivity index (χ3n) is 11.9. The van der Waals surface area contributed by atoms with Crippen LogP contribution in [0, 0.1) is 17.8 Å². The van der Waals surface area contributed by atoms with E-state index in [-0.39, 0.29) is 36.1 Å². The molecule has 0 spiro atoms. The monoisotopic (exact) mass is 837 g/mol. The summed E-state index contributed by atoms with van der Waals surface area (Å²) in [5.41, 5.74) is -0.368. The standard InChI is InChI=1S/C43H59N5O10S/c1-10-33-43(7)37(47-41(59)58-43)27(5)35(50)24(2)22-42(6,57-40(53)46-17-11-12-28-13-15-29(16-14-28)30-23-44-18-19-45-30)34(21-32(49)26(4)38(52)55-33)56-39-36(51)31(48(8)9)20-25(3)54-39/h11-16,18-19,23-27,31,33-34,36-37,39,51H,10,17,20-22H2,1-9H3,(H,46,53)(H,47,59)/b12-11+/t24-,25-,26-,27+,31+,33-,34-,36-,37-,39+,42-,43-/m1/s1. The van der Waals surface area contributed by atoms with Crippen LogP contribution in [0.15, 0.2) is 48.9 Å². The molecule has 3 saturated heterocycles. The van der Waals surface area contributed by atoms with Gasteiger partial charge in [0, 0.05) is 48.8 Å². The Hall–Kier alpha value is -4.35. The van der Waals surface area contributed by atoms with Crippen LogP contribution in [-0.4, -0.2) is 123 Å². The Morgan fingerprint density at radius 1 is 1.12 bits per heavy atom. The maximum absolute atomic E-state index is 14.4. The van der Waals surface area contributed by atoms with Gasteiger partial charge in [-0.05, 0) is 78.8 Å². The average Bonchev–Trinajstić information content (AvgIpc) is 3.52. The lowest BCUT2D eigenvalue weighted by atomic mass is 9.75. The Morgan fingerprint density at radius 3 is 2.47 bits per heavy atom. The normalized spacial score (nSPS) is 34.7. The first-order valence-corrected chi connectivity index (χ1v) is 20.7. The zero-order valence-corrected chi connectivity index (χ0v) is 36.2. The molecular formula is C43H59N5O10S. The second-order valence-electron chi connectivity index (χ2n) is 16.6. The van der Waals surface area contributed by atoms with Crippen molar-refractivity contribution in [3.05, 3.63) is 54.5 Å². The number of ketones is 2. The van der Waals surface area contributed by atoms with Crippen molar-refractivity contribution in [2.24, 2.45) is 17.8 Å².